The molecule has 2 amide bonds. The number of likely N-dealkylation sites (N-methyl/N-ethyl adjacent to an activating group) is 1. The van der Waals surface area contributed by atoms with E-state index in [1.165, 1.54) is 4.90 Å². The molecular weight excluding hydrogens is 346 g/mol. The largest absolute Gasteiger partial charge is 0.489 e. The number of carbonyl (C=O) groups is 2. The molecule has 0 aromatic heterocycles. The normalized spacial score (nSPS) is 27.0. The van der Waals surface area contributed by atoms with Gasteiger partial charge in [0.2, 0.25) is 5.84 Å². The summed E-state index contributed by atoms with van der Waals surface area (Å²) in [6.45, 7) is 2.22. The summed E-state index contributed by atoms with van der Waals surface area (Å²) in [6.07, 6.45) is 4.23. The molecule has 3 aliphatic heterocycles. The number of carbonyl (C=O) groups excluding carboxylic acids is 2. The molecule has 1 saturated heterocycles. The van der Waals surface area contributed by atoms with Crippen molar-refractivity contribution in [1.82, 2.24) is 15.6 Å². The van der Waals surface area contributed by atoms with Crippen LogP contribution in [0.15, 0.2) is 29.4 Å². The van der Waals surface area contributed by atoms with Crippen LogP contribution in [0.1, 0.15) is 32.6 Å². The highest BCUT2D eigenvalue weighted by Gasteiger charge is 2.37. The third kappa shape index (κ3) is 3.20. The minimum absolute atomic E-state index is 0.0671. The Kier molecular flexibility index (Phi) is 4.63. The smallest absolute Gasteiger partial charge is 0.289 e. The van der Waals surface area contributed by atoms with Crippen molar-refractivity contribution in [2.45, 2.75) is 50.9 Å². The monoisotopic (exact) mass is 371 g/mol. The quantitative estimate of drug-likeness (QED) is 0.829. The van der Waals surface area contributed by atoms with Crippen LogP contribution < -0.4 is 20.3 Å². The van der Waals surface area contributed by atoms with Crippen LogP contribution in [0.3, 0.4) is 0 Å². The van der Waals surface area contributed by atoms with Crippen LogP contribution in [0.5, 0.6) is 5.75 Å². The van der Waals surface area contributed by atoms with Gasteiger partial charge >= 0.3 is 0 Å². The fourth-order valence-corrected chi connectivity index (χ4v) is 3.94. The number of amidine groups is 1. The summed E-state index contributed by atoms with van der Waals surface area (Å²) in [4.78, 5) is 27.0. The first-order valence-corrected chi connectivity index (χ1v) is 9.52. The molecule has 2 unspecified atom stereocenters. The van der Waals surface area contributed by atoms with Gasteiger partial charge in [-0.3, -0.25) is 14.6 Å². The van der Waals surface area contributed by atoms with Crippen LogP contribution in [-0.2, 0) is 9.59 Å². The maximum atomic E-state index is 12.8. The van der Waals surface area contributed by atoms with Gasteiger partial charge in [0.15, 0.2) is 0 Å². The van der Waals surface area contributed by atoms with Gasteiger partial charge in [-0.2, -0.15) is 5.10 Å². The summed E-state index contributed by atoms with van der Waals surface area (Å²) in [7, 11) is 1.69. The Labute approximate surface area is 158 Å². The number of anilines is 1. The highest BCUT2D eigenvalue weighted by Crippen LogP contribution is 2.30. The fourth-order valence-electron chi connectivity index (χ4n) is 3.94. The van der Waals surface area contributed by atoms with E-state index in [1.54, 1.807) is 7.05 Å². The van der Waals surface area contributed by atoms with E-state index in [1.807, 2.05) is 29.3 Å². The summed E-state index contributed by atoms with van der Waals surface area (Å²) in [5.41, 5.74) is 0.693. The molecule has 1 aromatic carbocycles. The summed E-state index contributed by atoms with van der Waals surface area (Å²) in [5, 5.41) is 12.5. The third-order valence-electron chi connectivity index (χ3n) is 5.48. The predicted octanol–water partition coefficient (Wildman–Crippen LogP) is 1.03. The van der Waals surface area contributed by atoms with Gasteiger partial charge in [-0.1, -0.05) is 19.1 Å². The summed E-state index contributed by atoms with van der Waals surface area (Å²) >= 11 is 0. The van der Waals surface area contributed by atoms with Crippen molar-refractivity contribution in [3.63, 3.8) is 0 Å². The topological polar surface area (TPSA) is 86.3 Å². The SMILES string of the molecule is CCC1CCCC2NC(C(=O)N[C@H]3COc4ccccc4N(C)C3=O)=NN12. The second-order valence-electron chi connectivity index (χ2n) is 7.18. The maximum absolute atomic E-state index is 12.8. The molecule has 8 heteroatoms. The first-order chi connectivity index (χ1) is 13.1. The van der Waals surface area contributed by atoms with Crippen LogP contribution in [0.4, 0.5) is 5.69 Å². The van der Waals surface area contributed by atoms with Crippen LogP contribution in [-0.4, -0.2) is 54.6 Å². The summed E-state index contributed by atoms with van der Waals surface area (Å²) in [5.74, 6) is 0.318. The minimum atomic E-state index is -0.765. The van der Waals surface area contributed by atoms with Crippen molar-refractivity contribution >= 4 is 23.3 Å². The van der Waals surface area contributed by atoms with Gasteiger partial charge in [0.1, 0.15) is 24.6 Å². The van der Waals surface area contributed by atoms with Crippen LogP contribution in [0, 0.1) is 0 Å². The molecule has 0 bridgehead atoms. The van der Waals surface area contributed by atoms with Gasteiger partial charge in [-0.15, -0.1) is 0 Å². The fraction of sp³-hybridized carbons (Fsp3) is 0.526. The van der Waals surface area contributed by atoms with Gasteiger partial charge in [-0.25, -0.2) is 0 Å². The molecule has 1 fully saturated rings. The molecular formula is C19H25N5O3. The maximum Gasteiger partial charge on any atom is 0.289 e. The van der Waals surface area contributed by atoms with Crippen LogP contribution >= 0.6 is 0 Å². The number of rotatable bonds is 3. The van der Waals surface area contributed by atoms with E-state index < -0.39 is 6.04 Å². The molecule has 0 saturated carbocycles. The lowest BCUT2D eigenvalue weighted by atomic mass is 10.00. The number of nitrogens with one attached hydrogen (secondary N) is 2. The molecule has 0 radical (unpaired) electrons. The first kappa shape index (κ1) is 17.6. The Hall–Kier alpha value is -2.77. The number of hydrazone groups is 1. The molecule has 27 heavy (non-hydrogen) atoms. The Morgan fingerprint density at radius 2 is 2.19 bits per heavy atom. The number of hydrogen-bond acceptors (Lipinski definition) is 6. The van der Waals surface area contributed by atoms with Crippen molar-refractivity contribution in [3.8, 4) is 5.75 Å². The Bertz CT molecular complexity index is 780. The molecule has 1 aromatic rings. The molecule has 0 spiro atoms. The van der Waals surface area contributed by atoms with Crippen LogP contribution in [0.25, 0.3) is 0 Å². The Balaban J connectivity index is 1.46. The zero-order valence-electron chi connectivity index (χ0n) is 15.6. The van der Waals surface area contributed by atoms with E-state index in [2.05, 4.69) is 22.7 Å². The highest BCUT2D eigenvalue weighted by atomic mass is 16.5. The average molecular weight is 371 g/mol. The average Bonchev–Trinajstić information content (AvgIpc) is 3.10. The van der Waals surface area contributed by atoms with Gasteiger partial charge < -0.3 is 20.3 Å². The lowest BCUT2D eigenvalue weighted by Gasteiger charge is -2.35. The zero-order valence-corrected chi connectivity index (χ0v) is 15.6. The third-order valence-corrected chi connectivity index (χ3v) is 5.48. The molecule has 3 atom stereocenters. The molecule has 2 N–H and O–H groups in total. The van der Waals surface area contributed by atoms with E-state index >= 15 is 0 Å². The number of nitrogens with zero attached hydrogens (tertiary/aromatic N) is 3. The Morgan fingerprint density at radius 1 is 1.37 bits per heavy atom. The van der Waals surface area contributed by atoms with Crippen molar-refractivity contribution in [2.75, 3.05) is 18.6 Å². The van der Waals surface area contributed by atoms with Crippen molar-refractivity contribution < 1.29 is 14.3 Å². The van der Waals surface area contributed by atoms with Gasteiger partial charge in [-0.05, 0) is 37.8 Å². The molecule has 3 aliphatic rings. The first-order valence-electron chi connectivity index (χ1n) is 9.52. The van der Waals surface area contributed by atoms with Crippen molar-refractivity contribution in [1.29, 1.82) is 0 Å². The van der Waals surface area contributed by atoms with E-state index in [9.17, 15) is 9.59 Å². The van der Waals surface area contributed by atoms with E-state index in [4.69, 9.17) is 4.74 Å². The van der Waals surface area contributed by atoms with Crippen molar-refractivity contribution in [2.24, 2.45) is 5.10 Å². The molecule has 4 rings (SSSR count). The number of para-hydroxylation sites is 2. The lowest BCUT2D eigenvalue weighted by molar-refractivity contribution is -0.124. The second kappa shape index (κ2) is 7.09. The van der Waals surface area contributed by atoms with Crippen molar-refractivity contribution in [3.05, 3.63) is 24.3 Å². The number of piperidine rings is 1. The Morgan fingerprint density at radius 3 is 3.00 bits per heavy atom. The predicted molar refractivity (Wildman–Crippen MR) is 101 cm³/mol. The van der Waals surface area contributed by atoms with E-state index in [-0.39, 0.29) is 30.4 Å². The van der Waals surface area contributed by atoms with E-state index in [0.717, 1.165) is 25.7 Å². The lowest BCUT2D eigenvalue weighted by Crippen LogP contribution is -2.53. The molecule has 8 nitrogen and oxygen atoms in total. The minimum Gasteiger partial charge on any atom is -0.489 e. The van der Waals surface area contributed by atoms with Gasteiger partial charge in [0, 0.05) is 13.1 Å². The van der Waals surface area contributed by atoms with Crippen LogP contribution in [0.2, 0.25) is 0 Å². The molecule has 0 aliphatic carbocycles. The second-order valence-corrected chi connectivity index (χ2v) is 7.18. The highest BCUT2D eigenvalue weighted by molar-refractivity contribution is 6.38. The number of hydrogen-bond donors (Lipinski definition) is 2. The zero-order chi connectivity index (χ0) is 19.0. The van der Waals surface area contributed by atoms with Gasteiger partial charge in [0.05, 0.1) is 5.69 Å². The molecule has 144 valence electrons. The standard InChI is InChI=1S/C19H25N5O3/c1-3-12-7-6-10-16-21-17(22-24(12)16)18(25)20-13-11-27-15-9-5-4-8-14(15)23(2)19(13)26/h4-5,8-9,12-13,16H,3,6-7,10-11H2,1-2H3,(H,20,25)(H,21,22)/t12?,13-,16?/m0/s1. The number of ether oxygens (including phenoxy) is 1. The van der Waals surface area contributed by atoms with Gasteiger partial charge in [0.25, 0.3) is 11.8 Å². The number of fused-ring (bicyclic) bond motifs is 2. The number of benzene rings is 1. The summed E-state index contributed by atoms with van der Waals surface area (Å²) < 4.78 is 5.75. The number of amides is 2. The molecule has 3 heterocycles. The summed E-state index contributed by atoms with van der Waals surface area (Å²) in [6, 6.07) is 6.93. The van der Waals surface area contributed by atoms with E-state index in [0.29, 0.717) is 17.5 Å².